The number of nitrogens with zero attached hydrogens (tertiary/aromatic N) is 3. The molecular weight excluding hydrogens is 295 g/mol. The van der Waals surface area contributed by atoms with Gasteiger partial charge in [0.25, 0.3) is 0 Å². The molecule has 0 spiro atoms. The van der Waals surface area contributed by atoms with Crippen molar-refractivity contribution in [2.45, 2.75) is 6.18 Å². The molecule has 0 aliphatic carbocycles. The Morgan fingerprint density at radius 3 is 2.52 bits per heavy atom. The first-order valence-electron chi connectivity index (χ1n) is 5.30. The quantitative estimate of drug-likeness (QED) is 0.832. The Kier molecular flexibility index (Phi) is 3.37. The molecule has 0 amide bonds. The van der Waals surface area contributed by atoms with Crippen LogP contribution in [-0.4, -0.2) is 37.5 Å². The highest BCUT2D eigenvalue weighted by Gasteiger charge is 2.40. The van der Waals surface area contributed by atoms with Crippen molar-refractivity contribution in [1.82, 2.24) is 15.0 Å². The van der Waals surface area contributed by atoms with E-state index in [0.717, 1.165) is 18.2 Å². The third-order valence-corrected chi connectivity index (χ3v) is 2.53. The zero-order valence-corrected chi connectivity index (χ0v) is 10.00. The standard InChI is InChI=1S/C11H6F3N3O4/c12-11(13,14)9-7(4-18)15-16-17(9)5-1-2-8(19)6(3-5)10(20)21/h1-4,19H,(H,20,21). The Labute approximate surface area is 114 Å². The van der Waals surface area contributed by atoms with Gasteiger partial charge in [0.05, 0.1) is 5.69 Å². The van der Waals surface area contributed by atoms with Crippen LogP contribution in [0, 0.1) is 0 Å². The van der Waals surface area contributed by atoms with E-state index in [-0.39, 0.29) is 16.7 Å². The Hall–Kier alpha value is -2.91. The van der Waals surface area contributed by atoms with Crippen LogP contribution in [0.5, 0.6) is 5.75 Å². The normalized spacial score (nSPS) is 11.4. The maximum absolute atomic E-state index is 12.9. The van der Waals surface area contributed by atoms with Gasteiger partial charge < -0.3 is 10.2 Å². The van der Waals surface area contributed by atoms with Crippen LogP contribution in [0.4, 0.5) is 13.2 Å². The summed E-state index contributed by atoms with van der Waals surface area (Å²) in [4.78, 5) is 21.5. The Balaban J connectivity index is 2.68. The van der Waals surface area contributed by atoms with Crippen LogP contribution in [0.3, 0.4) is 0 Å². The molecular formula is C11H6F3N3O4. The number of hydrogen-bond donors (Lipinski definition) is 2. The number of hydrogen-bond acceptors (Lipinski definition) is 5. The van der Waals surface area contributed by atoms with Crippen LogP contribution in [0.25, 0.3) is 5.69 Å². The monoisotopic (exact) mass is 301 g/mol. The molecule has 0 atom stereocenters. The smallest absolute Gasteiger partial charge is 0.435 e. The highest BCUT2D eigenvalue weighted by atomic mass is 19.4. The van der Waals surface area contributed by atoms with E-state index in [1.54, 1.807) is 0 Å². The predicted molar refractivity (Wildman–Crippen MR) is 60.4 cm³/mol. The topological polar surface area (TPSA) is 105 Å². The lowest BCUT2D eigenvalue weighted by molar-refractivity contribution is -0.143. The molecule has 0 aliphatic heterocycles. The lowest BCUT2D eigenvalue weighted by Gasteiger charge is -2.10. The van der Waals surface area contributed by atoms with Gasteiger partial charge >= 0.3 is 12.1 Å². The number of rotatable bonds is 3. The summed E-state index contributed by atoms with van der Waals surface area (Å²) in [5.41, 5.74) is -3.27. The van der Waals surface area contributed by atoms with Gasteiger partial charge in [-0.05, 0) is 18.2 Å². The number of alkyl halides is 3. The van der Waals surface area contributed by atoms with Crippen molar-refractivity contribution >= 4 is 12.3 Å². The van der Waals surface area contributed by atoms with Gasteiger partial charge in [-0.15, -0.1) is 5.10 Å². The molecule has 0 radical (unpaired) electrons. The molecule has 0 bridgehead atoms. The van der Waals surface area contributed by atoms with Crippen molar-refractivity contribution in [1.29, 1.82) is 0 Å². The van der Waals surface area contributed by atoms with Gasteiger partial charge in [0, 0.05) is 0 Å². The second-order valence-electron chi connectivity index (χ2n) is 3.86. The summed E-state index contributed by atoms with van der Waals surface area (Å²) in [5.74, 6) is -2.14. The highest BCUT2D eigenvalue weighted by molar-refractivity contribution is 5.91. The third-order valence-electron chi connectivity index (χ3n) is 2.53. The molecule has 110 valence electrons. The van der Waals surface area contributed by atoms with Crippen LogP contribution < -0.4 is 0 Å². The molecule has 0 fully saturated rings. The molecule has 2 rings (SSSR count). The lowest BCUT2D eigenvalue weighted by Crippen LogP contribution is -2.15. The van der Waals surface area contributed by atoms with Crippen LogP contribution in [0.2, 0.25) is 0 Å². The van der Waals surface area contributed by atoms with Crippen LogP contribution >= 0.6 is 0 Å². The van der Waals surface area contributed by atoms with Gasteiger partial charge in [0.1, 0.15) is 11.3 Å². The van der Waals surface area contributed by atoms with Crippen molar-refractivity contribution < 1.29 is 33.0 Å². The van der Waals surface area contributed by atoms with Crippen LogP contribution in [-0.2, 0) is 6.18 Å². The lowest BCUT2D eigenvalue weighted by atomic mass is 10.1. The first kappa shape index (κ1) is 14.5. The zero-order valence-electron chi connectivity index (χ0n) is 10.00. The number of aromatic nitrogens is 3. The SMILES string of the molecule is O=Cc1nnn(-c2ccc(O)c(C(=O)O)c2)c1C(F)(F)F. The largest absolute Gasteiger partial charge is 0.507 e. The van der Waals surface area contributed by atoms with Gasteiger partial charge in [-0.3, -0.25) is 4.79 Å². The van der Waals surface area contributed by atoms with Crippen molar-refractivity contribution in [3.63, 3.8) is 0 Å². The van der Waals surface area contributed by atoms with Gasteiger partial charge in [0.15, 0.2) is 17.7 Å². The summed E-state index contributed by atoms with van der Waals surface area (Å²) in [5, 5.41) is 24.4. The van der Waals surface area contributed by atoms with Crippen LogP contribution in [0.1, 0.15) is 26.5 Å². The van der Waals surface area contributed by atoms with Gasteiger partial charge in [-0.2, -0.15) is 13.2 Å². The minimum Gasteiger partial charge on any atom is -0.507 e. The van der Waals surface area contributed by atoms with E-state index in [1.807, 2.05) is 0 Å². The van der Waals surface area contributed by atoms with Gasteiger partial charge in [-0.25, -0.2) is 9.48 Å². The van der Waals surface area contributed by atoms with E-state index in [9.17, 15) is 27.9 Å². The number of aromatic hydroxyl groups is 1. The van der Waals surface area contributed by atoms with E-state index >= 15 is 0 Å². The van der Waals surface area contributed by atoms with E-state index in [4.69, 9.17) is 5.11 Å². The van der Waals surface area contributed by atoms with E-state index in [0.29, 0.717) is 0 Å². The number of carboxylic acid groups (broad SMARTS) is 1. The number of aromatic carboxylic acids is 1. The van der Waals surface area contributed by atoms with Gasteiger partial charge in [0.2, 0.25) is 0 Å². The predicted octanol–water partition coefficient (Wildman–Crippen LogP) is 1.50. The average Bonchev–Trinajstić information content (AvgIpc) is 2.82. The first-order valence-corrected chi connectivity index (χ1v) is 5.30. The highest BCUT2D eigenvalue weighted by Crippen LogP contribution is 2.32. The number of halogens is 3. The van der Waals surface area contributed by atoms with E-state index in [1.165, 1.54) is 0 Å². The summed E-state index contributed by atoms with van der Waals surface area (Å²) in [6.45, 7) is 0. The average molecular weight is 301 g/mol. The van der Waals surface area contributed by atoms with Crippen molar-refractivity contribution in [2.24, 2.45) is 0 Å². The summed E-state index contributed by atoms with van der Waals surface area (Å²) < 4.78 is 39.1. The molecule has 21 heavy (non-hydrogen) atoms. The molecule has 7 nitrogen and oxygen atoms in total. The summed E-state index contributed by atoms with van der Waals surface area (Å²) >= 11 is 0. The summed E-state index contributed by atoms with van der Waals surface area (Å²) in [7, 11) is 0. The minimum atomic E-state index is -4.92. The summed E-state index contributed by atoms with van der Waals surface area (Å²) in [6, 6.07) is 2.71. The fraction of sp³-hybridized carbons (Fsp3) is 0.0909. The number of carbonyl (C=O) groups excluding carboxylic acids is 1. The molecule has 0 unspecified atom stereocenters. The van der Waals surface area contributed by atoms with Crippen molar-refractivity contribution in [2.75, 3.05) is 0 Å². The Bertz CT molecular complexity index is 724. The zero-order chi connectivity index (χ0) is 15.8. The second kappa shape index (κ2) is 4.89. The van der Waals surface area contributed by atoms with Crippen LogP contribution in [0.15, 0.2) is 18.2 Å². The van der Waals surface area contributed by atoms with E-state index < -0.39 is 34.8 Å². The molecule has 10 heteroatoms. The summed E-state index contributed by atoms with van der Waals surface area (Å²) in [6.07, 6.45) is -5.02. The molecule has 1 aromatic carbocycles. The fourth-order valence-electron chi connectivity index (χ4n) is 1.65. The molecule has 1 heterocycles. The minimum absolute atomic E-state index is 0.106. The molecule has 1 aromatic heterocycles. The van der Waals surface area contributed by atoms with E-state index in [2.05, 4.69) is 10.3 Å². The Morgan fingerprint density at radius 1 is 1.33 bits per heavy atom. The number of carboxylic acids is 1. The molecule has 2 N–H and O–H groups in total. The Morgan fingerprint density at radius 2 is 2.00 bits per heavy atom. The number of benzene rings is 1. The maximum atomic E-state index is 12.9. The molecule has 0 aliphatic rings. The maximum Gasteiger partial charge on any atom is 0.435 e. The molecule has 0 saturated heterocycles. The first-order chi connectivity index (χ1) is 9.75. The fourth-order valence-corrected chi connectivity index (χ4v) is 1.65. The number of aldehydes is 1. The molecule has 0 saturated carbocycles. The van der Waals surface area contributed by atoms with Crippen molar-refractivity contribution in [3.05, 3.63) is 35.2 Å². The number of carbonyl (C=O) groups is 2. The molecule has 2 aromatic rings. The van der Waals surface area contributed by atoms with Crippen molar-refractivity contribution in [3.8, 4) is 11.4 Å². The second-order valence-corrected chi connectivity index (χ2v) is 3.86. The third kappa shape index (κ3) is 2.55. The van der Waals surface area contributed by atoms with Gasteiger partial charge in [-0.1, -0.05) is 5.21 Å². The number of phenols is 1.